The smallest absolute Gasteiger partial charge is 0.238 e. The van der Waals surface area contributed by atoms with E-state index in [1.165, 1.54) is 6.26 Å². The first-order chi connectivity index (χ1) is 14.4. The third-order valence-corrected chi connectivity index (χ3v) is 6.55. The summed E-state index contributed by atoms with van der Waals surface area (Å²) in [6, 6.07) is 13.7. The van der Waals surface area contributed by atoms with Crippen molar-refractivity contribution in [1.82, 2.24) is 14.6 Å². The first-order valence-electron chi connectivity index (χ1n) is 9.97. The minimum absolute atomic E-state index is 0.0544. The van der Waals surface area contributed by atoms with E-state index in [9.17, 15) is 13.2 Å². The van der Waals surface area contributed by atoms with Gasteiger partial charge >= 0.3 is 0 Å². The number of aromatic nitrogens is 1. The highest BCUT2D eigenvalue weighted by molar-refractivity contribution is 7.98. The van der Waals surface area contributed by atoms with Crippen molar-refractivity contribution >= 4 is 33.4 Å². The van der Waals surface area contributed by atoms with Gasteiger partial charge in [-0.2, -0.15) is 0 Å². The van der Waals surface area contributed by atoms with Crippen LogP contribution in [0.4, 0.5) is 5.69 Å². The predicted octanol–water partition coefficient (Wildman–Crippen LogP) is 2.57. The number of sulfonamides is 1. The molecule has 1 amide bonds. The van der Waals surface area contributed by atoms with E-state index in [1.807, 2.05) is 42.5 Å². The second kappa shape index (κ2) is 10.9. The summed E-state index contributed by atoms with van der Waals surface area (Å²) in [6.07, 6.45) is 4.88. The Kier molecular flexibility index (Phi) is 8.26. The summed E-state index contributed by atoms with van der Waals surface area (Å²) in [7, 11) is -3.18. The molecule has 0 radical (unpaired) electrons. The van der Waals surface area contributed by atoms with Crippen molar-refractivity contribution in [2.45, 2.75) is 23.6 Å². The molecule has 2 N–H and O–H groups in total. The number of carbonyl (C=O) groups excluding carboxylic acids is 1. The number of pyridine rings is 1. The first-order valence-corrected chi connectivity index (χ1v) is 12.8. The summed E-state index contributed by atoms with van der Waals surface area (Å²) in [5.41, 5.74) is 1.90. The van der Waals surface area contributed by atoms with Crippen molar-refractivity contribution in [3.05, 3.63) is 54.2 Å². The summed E-state index contributed by atoms with van der Waals surface area (Å²) >= 11 is 1.66. The van der Waals surface area contributed by atoms with Gasteiger partial charge in [0.2, 0.25) is 15.9 Å². The fourth-order valence-corrected chi connectivity index (χ4v) is 4.81. The van der Waals surface area contributed by atoms with E-state index in [2.05, 4.69) is 19.9 Å². The first kappa shape index (κ1) is 22.7. The Morgan fingerprint density at radius 2 is 2.13 bits per heavy atom. The zero-order chi connectivity index (χ0) is 21.4. The maximum absolute atomic E-state index is 12.5. The molecule has 3 rings (SSSR count). The van der Waals surface area contributed by atoms with Crippen molar-refractivity contribution < 1.29 is 13.2 Å². The van der Waals surface area contributed by atoms with Crippen molar-refractivity contribution in [2.75, 3.05) is 37.8 Å². The Hall–Kier alpha value is -1.94. The monoisotopic (exact) mass is 448 g/mol. The molecule has 162 valence electrons. The molecule has 30 heavy (non-hydrogen) atoms. The maximum atomic E-state index is 12.5. The lowest BCUT2D eigenvalue weighted by Gasteiger charge is -2.32. The lowest BCUT2D eigenvalue weighted by atomic mass is 9.98. The van der Waals surface area contributed by atoms with E-state index in [1.54, 1.807) is 18.0 Å². The third kappa shape index (κ3) is 8.06. The molecule has 2 aromatic rings. The average Bonchev–Trinajstić information content (AvgIpc) is 2.71. The third-order valence-electron chi connectivity index (χ3n) is 4.84. The quantitative estimate of drug-likeness (QED) is 0.573. The molecule has 0 saturated carbocycles. The fourth-order valence-electron chi connectivity index (χ4n) is 3.46. The number of hydrogen-bond donors (Lipinski definition) is 2. The van der Waals surface area contributed by atoms with Gasteiger partial charge in [-0.3, -0.25) is 9.69 Å². The van der Waals surface area contributed by atoms with Crippen molar-refractivity contribution in [1.29, 1.82) is 0 Å². The van der Waals surface area contributed by atoms with Crippen LogP contribution in [0, 0.1) is 5.92 Å². The molecule has 1 aromatic heterocycles. The van der Waals surface area contributed by atoms with Crippen LogP contribution < -0.4 is 10.0 Å². The summed E-state index contributed by atoms with van der Waals surface area (Å²) in [5, 5.41) is 3.95. The van der Waals surface area contributed by atoms with Crippen LogP contribution >= 0.6 is 11.8 Å². The fraction of sp³-hybridized carbons (Fsp3) is 0.429. The molecule has 1 aliphatic rings. The van der Waals surface area contributed by atoms with E-state index in [4.69, 9.17) is 0 Å². The van der Waals surface area contributed by atoms with Crippen molar-refractivity contribution in [3.8, 4) is 0 Å². The number of carbonyl (C=O) groups is 1. The second-order valence-corrected chi connectivity index (χ2v) is 10.4. The molecule has 0 spiro atoms. The Morgan fingerprint density at radius 1 is 1.27 bits per heavy atom. The number of nitrogens with zero attached hydrogens (tertiary/aromatic N) is 2. The number of anilines is 1. The van der Waals surface area contributed by atoms with Crippen LogP contribution in [-0.2, 0) is 20.6 Å². The highest BCUT2D eigenvalue weighted by Crippen LogP contribution is 2.22. The lowest BCUT2D eigenvalue weighted by Crippen LogP contribution is -2.43. The van der Waals surface area contributed by atoms with Crippen LogP contribution in [0.5, 0.6) is 0 Å². The van der Waals surface area contributed by atoms with E-state index < -0.39 is 10.0 Å². The average molecular weight is 449 g/mol. The number of thioether (sulfide) groups is 1. The van der Waals surface area contributed by atoms with Gasteiger partial charge in [0.25, 0.3) is 0 Å². The number of rotatable bonds is 9. The number of benzene rings is 1. The van der Waals surface area contributed by atoms with Gasteiger partial charge in [0.1, 0.15) is 0 Å². The number of amides is 1. The van der Waals surface area contributed by atoms with Gasteiger partial charge in [-0.1, -0.05) is 18.2 Å². The summed E-state index contributed by atoms with van der Waals surface area (Å²) in [6.45, 7) is 2.30. The van der Waals surface area contributed by atoms with Crippen LogP contribution in [0.3, 0.4) is 0 Å². The van der Waals surface area contributed by atoms with E-state index in [0.717, 1.165) is 48.0 Å². The van der Waals surface area contributed by atoms with Crippen molar-refractivity contribution in [2.24, 2.45) is 5.92 Å². The zero-order valence-electron chi connectivity index (χ0n) is 17.1. The molecular weight excluding hydrogens is 420 g/mol. The van der Waals surface area contributed by atoms with Gasteiger partial charge in [0, 0.05) is 30.7 Å². The minimum atomic E-state index is -3.18. The largest absolute Gasteiger partial charge is 0.325 e. The number of likely N-dealkylation sites (tertiary alicyclic amines) is 1. The summed E-state index contributed by atoms with van der Waals surface area (Å²) in [5.74, 6) is 0.955. The molecule has 1 fully saturated rings. The molecule has 1 aliphatic heterocycles. The maximum Gasteiger partial charge on any atom is 0.238 e. The Morgan fingerprint density at radius 3 is 2.90 bits per heavy atom. The number of hydrogen-bond acceptors (Lipinski definition) is 6. The SMILES string of the molecule is CS(=O)(=O)NCC1CCCN(CC(=O)Nc2cccc(CSc3ccccn3)c2)C1. The Balaban J connectivity index is 1.47. The minimum Gasteiger partial charge on any atom is -0.325 e. The van der Waals surface area contributed by atoms with E-state index in [0.29, 0.717) is 13.1 Å². The summed E-state index contributed by atoms with van der Waals surface area (Å²) < 4.78 is 25.2. The Labute approximate surface area is 182 Å². The zero-order valence-corrected chi connectivity index (χ0v) is 18.7. The van der Waals surface area contributed by atoms with Gasteiger partial charge < -0.3 is 5.32 Å². The molecule has 9 heteroatoms. The molecule has 2 heterocycles. The van der Waals surface area contributed by atoms with Gasteiger partial charge in [0.05, 0.1) is 17.8 Å². The van der Waals surface area contributed by atoms with Crippen LogP contribution in [0.2, 0.25) is 0 Å². The van der Waals surface area contributed by atoms with Gasteiger partial charge in [-0.15, -0.1) is 11.8 Å². The summed E-state index contributed by atoms with van der Waals surface area (Å²) in [4.78, 5) is 18.9. The van der Waals surface area contributed by atoms with Gasteiger partial charge in [-0.25, -0.2) is 18.1 Å². The number of piperidine rings is 1. The van der Waals surface area contributed by atoms with Gasteiger partial charge in [-0.05, 0) is 55.1 Å². The molecule has 0 aliphatic carbocycles. The van der Waals surface area contributed by atoms with Crippen molar-refractivity contribution in [3.63, 3.8) is 0 Å². The molecule has 1 unspecified atom stereocenters. The lowest BCUT2D eigenvalue weighted by molar-refractivity contribution is -0.117. The van der Waals surface area contributed by atoms with Crippen LogP contribution in [-0.4, -0.2) is 56.6 Å². The highest BCUT2D eigenvalue weighted by atomic mass is 32.2. The topological polar surface area (TPSA) is 91.4 Å². The van der Waals surface area contributed by atoms with E-state index >= 15 is 0 Å². The Bertz CT molecular complexity index is 938. The highest BCUT2D eigenvalue weighted by Gasteiger charge is 2.22. The normalized spacial score (nSPS) is 17.6. The second-order valence-electron chi connectivity index (χ2n) is 7.57. The molecular formula is C21H28N4O3S2. The van der Waals surface area contributed by atoms with E-state index in [-0.39, 0.29) is 11.8 Å². The van der Waals surface area contributed by atoms with Crippen LogP contribution in [0.1, 0.15) is 18.4 Å². The molecule has 0 bridgehead atoms. The van der Waals surface area contributed by atoms with Gasteiger partial charge in [0.15, 0.2) is 0 Å². The standard InChI is InChI=1S/C21H28N4O3S2/c1-30(27,28)23-13-18-7-5-11-25(14-18)15-20(26)24-19-8-4-6-17(12-19)16-29-21-9-2-3-10-22-21/h2-4,6,8-10,12,18,23H,5,7,11,13-16H2,1H3,(H,24,26). The number of nitrogens with one attached hydrogen (secondary N) is 2. The predicted molar refractivity (Wildman–Crippen MR) is 121 cm³/mol. The molecule has 1 atom stereocenters. The molecule has 7 nitrogen and oxygen atoms in total. The molecule has 1 saturated heterocycles. The molecule has 1 aromatic carbocycles. The van der Waals surface area contributed by atoms with Crippen LogP contribution in [0.25, 0.3) is 0 Å². The van der Waals surface area contributed by atoms with Crippen LogP contribution in [0.15, 0.2) is 53.7 Å².